The zero-order valence-electron chi connectivity index (χ0n) is 18.2. The Morgan fingerprint density at radius 1 is 1.03 bits per heavy atom. The second-order valence-electron chi connectivity index (χ2n) is 7.19. The fourth-order valence-corrected chi connectivity index (χ4v) is 4.26. The van der Waals surface area contributed by atoms with Crippen LogP contribution in [0.25, 0.3) is 6.08 Å². The summed E-state index contributed by atoms with van der Waals surface area (Å²) in [5, 5.41) is 6.14. The molecule has 3 aromatic carbocycles. The molecule has 33 heavy (non-hydrogen) atoms. The van der Waals surface area contributed by atoms with E-state index in [2.05, 4.69) is 34.3 Å². The van der Waals surface area contributed by atoms with Crippen LogP contribution in [0.4, 0.5) is 5.69 Å². The van der Waals surface area contributed by atoms with Gasteiger partial charge in [0.05, 0.1) is 21.4 Å². The lowest BCUT2D eigenvalue weighted by Crippen LogP contribution is -2.21. The summed E-state index contributed by atoms with van der Waals surface area (Å²) in [7, 11) is 0. The lowest BCUT2D eigenvalue weighted by molar-refractivity contribution is -0.114. The molecule has 166 valence electrons. The van der Waals surface area contributed by atoms with E-state index in [1.165, 1.54) is 5.01 Å². The first-order chi connectivity index (χ1) is 16.1. The van der Waals surface area contributed by atoms with E-state index >= 15 is 0 Å². The molecule has 0 saturated heterocycles. The number of benzene rings is 3. The Bertz CT molecular complexity index is 1220. The van der Waals surface area contributed by atoms with Gasteiger partial charge in [-0.2, -0.15) is 10.1 Å². The molecule has 0 fully saturated rings. The van der Waals surface area contributed by atoms with Crippen molar-refractivity contribution in [1.82, 2.24) is 0 Å². The van der Waals surface area contributed by atoms with Crippen molar-refractivity contribution in [3.63, 3.8) is 0 Å². The molecule has 1 aliphatic rings. The number of nitrogens with zero attached hydrogens (tertiary/aromatic N) is 2. The second-order valence-corrected chi connectivity index (χ2v) is 8.35. The molecule has 0 saturated carbocycles. The van der Waals surface area contributed by atoms with Gasteiger partial charge in [-0.3, -0.25) is 4.79 Å². The molecule has 6 heteroatoms. The smallest absolute Gasteiger partial charge is 0.281 e. The predicted molar refractivity (Wildman–Crippen MR) is 141 cm³/mol. The molecular weight excluding hydrogens is 527 g/mol. The third-order valence-corrected chi connectivity index (χ3v) is 5.72. The van der Waals surface area contributed by atoms with Gasteiger partial charge < -0.3 is 9.47 Å². The van der Waals surface area contributed by atoms with E-state index in [0.717, 1.165) is 20.4 Å². The molecule has 1 amide bonds. The van der Waals surface area contributed by atoms with E-state index in [1.807, 2.05) is 85.8 Å². The third-order valence-electron chi connectivity index (χ3n) is 4.91. The van der Waals surface area contributed by atoms with Crippen LogP contribution in [0.1, 0.15) is 18.1 Å². The van der Waals surface area contributed by atoms with Crippen molar-refractivity contribution >= 4 is 46.0 Å². The van der Waals surface area contributed by atoms with Crippen molar-refractivity contribution in [3.05, 3.63) is 106 Å². The molecule has 0 aliphatic carbocycles. The number of carbonyl (C=O) groups is 1. The van der Waals surface area contributed by atoms with Crippen molar-refractivity contribution in [1.29, 1.82) is 0 Å². The fraction of sp³-hybridized carbons (Fsp3) is 0.111. The highest BCUT2D eigenvalue weighted by molar-refractivity contribution is 14.1. The molecule has 0 aromatic heterocycles. The summed E-state index contributed by atoms with van der Waals surface area (Å²) in [5.74, 6) is 1.11. The first-order valence-electron chi connectivity index (χ1n) is 10.6. The van der Waals surface area contributed by atoms with Gasteiger partial charge in [0, 0.05) is 5.56 Å². The number of carbonyl (C=O) groups excluding carboxylic acids is 1. The number of hydrogen-bond acceptors (Lipinski definition) is 4. The summed E-state index contributed by atoms with van der Waals surface area (Å²) in [6, 6.07) is 23.0. The van der Waals surface area contributed by atoms with E-state index in [1.54, 1.807) is 6.08 Å². The number of hydrogen-bond donors (Lipinski definition) is 0. The minimum absolute atomic E-state index is 0.181. The van der Waals surface area contributed by atoms with Crippen LogP contribution in [0.5, 0.6) is 11.5 Å². The van der Waals surface area contributed by atoms with Crippen molar-refractivity contribution in [2.75, 3.05) is 18.2 Å². The molecule has 4 rings (SSSR count). The first kappa shape index (κ1) is 22.8. The Labute approximate surface area is 207 Å². The Kier molecular flexibility index (Phi) is 7.24. The molecule has 0 atom stereocenters. The summed E-state index contributed by atoms with van der Waals surface area (Å²) < 4.78 is 12.5. The van der Waals surface area contributed by atoms with Gasteiger partial charge in [0.2, 0.25) is 0 Å². The second kappa shape index (κ2) is 10.5. The van der Waals surface area contributed by atoms with Gasteiger partial charge in [0.15, 0.2) is 11.5 Å². The van der Waals surface area contributed by atoms with Crippen LogP contribution in [-0.2, 0) is 4.79 Å². The minimum atomic E-state index is -0.181. The third kappa shape index (κ3) is 5.01. The maximum Gasteiger partial charge on any atom is 0.281 e. The Morgan fingerprint density at radius 3 is 2.39 bits per heavy atom. The van der Waals surface area contributed by atoms with E-state index in [0.29, 0.717) is 36.0 Å². The standard InChI is InChI=1S/C27H23IN2O3/c1-3-15-33-26-23(28)17-19(18-24(26)32-4-2)16-22-25(20-11-7-5-8-12-20)29-30(27(22)31)21-13-9-6-10-14-21/h3,5-14,16-18H,1,4,15H2,2H3/b22-16-. The van der Waals surface area contributed by atoms with Crippen LogP contribution >= 0.6 is 22.6 Å². The maximum atomic E-state index is 13.5. The minimum Gasteiger partial charge on any atom is -0.490 e. The lowest BCUT2D eigenvalue weighted by atomic mass is 10.00. The SMILES string of the molecule is C=CCOc1c(I)cc(/C=C2\C(=O)N(c3ccccc3)N=C2c2ccccc2)cc1OCC. The zero-order valence-corrected chi connectivity index (χ0v) is 20.4. The van der Waals surface area contributed by atoms with E-state index in [9.17, 15) is 4.79 Å². The average Bonchev–Trinajstić information content (AvgIpc) is 3.16. The van der Waals surface area contributed by atoms with E-state index in [-0.39, 0.29) is 5.91 Å². The van der Waals surface area contributed by atoms with Gasteiger partial charge in [-0.15, -0.1) is 0 Å². The number of amides is 1. The highest BCUT2D eigenvalue weighted by Crippen LogP contribution is 2.36. The summed E-state index contributed by atoms with van der Waals surface area (Å²) in [4.78, 5) is 13.5. The number of hydrazone groups is 1. The monoisotopic (exact) mass is 550 g/mol. The largest absolute Gasteiger partial charge is 0.490 e. The number of rotatable bonds is 8. The number of para-hydroxylation sites is 1. The van der Waals surface area contributed by atoms with Gasteiger partial charge >= 0.3 is 0 Å². The summed E-state index contributed by atoms with van der Waals surface area (Å²) >= 11 is 2.22. The normalized spacial score (nSPS) is 14.4. The van der Waals surface area contributed by atoms with Crippen LogP contribution < -0.4 is 14.5 Å². The van der Waals surface area contributed by atoms with Gasteiger partial charge in [-0.1, -0.05) is 61.2 Å². The van der Waals surface area contributed by atoms with Gasteiger partial charge in [-0.05, 0) is 65.4 Å². The number of anilines is 1. The fourth-order valence-electron chi connectivity index (χ4n) is 3.48. The van der Waals surface area contributed by atoms with Crippen LogP contribution in [0.15, 0.2) is 96.1 Å². The summed E-state index contributed by atoms with van der Waals surface area (Å²) in [6.45, 7) is 6.51. The van der Waals surface area contributed by atoms with Crippen LogP contribution in [0.3, 0.4) is 0 Å². The van der Waals surface area contributed by atoms with E-state index in [4.69, 9.17) is 9.47 Å². The molecule has 0 unspecified atom stereocenters. The lowest BCUT2D eigenvalue weighted by Gasteiger charge is -2.14. The molecule has 3 aromatic rings. The van der Waals surface area contributed by atoms with Crippen LogP contribution in [0, 0.1) is 3.57 Å². The molecule has 5 nitrogen and oxygen atoms in total. The highest BCUT2D eigenvalue weighted by Gasteiger charge is 2.32. The average molecular weight is 550 g/mol. The molecule has 0 bridgehead atoms. The number of halogens is 1. The van der Waals surface area contributed by atoms with Crippen molar-refractivity contribution in [2.45, 2.75) is 6.92 Å². The van der Waals surface area contributed by atoms with Crippen LogP contribution in [-0.4, -0.2) is 24.8 Å². The molecule has 0 radical (unpaired) electrons. The van der Waals surface area contributed by atoms with E-state index < -0.39 is 0 Å². The predicted octanol–water partition coefficient (Wildman–Crippen LogP) is 6.09. The van der Waals surface area contributed by atoms with Crippen molar-refractivity contribution in [2.24, 2.45) is 5.10 Å². The van der Waals surface area contributed by atoms with Crippen molar-refractivity contribution in [3.8, 4) is 11.5 Å². The zero-order chi connectivity index (χ0) is 23.2. The highest BCUT2D eigenvalue weighted by atomic mass is 127. The summed E-state index contributed by atoms with van der Waals surface area (Å²) in [5.41, 5.74) is 3.57. The topological polar surface area (TPSA) is 51.1 Å². The Balaban J connectivity index is 1.80. The van der Waals surface area contributed by atoms with Gasteiger partial charge in [-0.25, -0.2) is 0 Å². The first-order valence-corrected chi connectivity index (χ1v) is 11.7. The maximum absolute atomic E-state index is 13.5. The molecule has 0 N–H and O–H groups in total. The molecule has 0 spiro atoms. The van der Waals surface area contributed by atoms with Crippen LogP contribution in [0.2, 0.25) is 0 Å². The Morgan fingerprint density at radius 2 is 1.73 bits per heavy atom. The molecule has 1 heterocycles. The quantitative estimate of drug-likeness (QED) is 0.194. The number of ether oxygens (including phenoxy) is 2. The van der Waals surface area contributed by atoms with Gasteiger partial charge in [0.1, 0.15) is 12.3 Å². The summed E-state index contributed by atoms with van der Waals surface area (Å²) in [6.07, 6.45) is 3.55. The molecular formula is C27H23IN2O3. The molecule has 1 aliphatic heterocycles. The van der Waals surface area contributed by atoms with Crippen molar-refractivity contribution < 1.29 is 14.3 Å². The van der Waals surface area contributed by atoms with Gasteiger partial charge in [0.25, 0.3) is 5.91 Å². The Hall–Kier alpha value is -3.39.